The quantitative estimate of drug-likeness (QED) is 0.611. The van der Waals surface area contributed by atoms with E-state index in [9.17, 15) is 0 Å². The van der Waals surface area contributed by atoms with Crippen LogP contribution in [0.25, 0.3) is 0 Å². The van der Waals surface area contributed by atoms with E-state index in [0.29, 0.717) is 6.61 Å². The van der Waals surface area contributed by atoms with Crippen LogP contribution in [0.3, 0.4) is 0 Å². The van der Waals surface area contributed by atoms with E-state index in [1.54, 1.807) is 7.11 Å². The number of benzene rings is 1. The van der Waals surface area contributed by atoms with Crippen LogP contribution < -0.4 is 10.1 Å². The van der Waals surface area contributed by atoms with Crippen LogP contribution in [-0.2, 0) is 18.2 Å². The van der Waals surface area contributed by atoms with Gasteiger partial charge in [0, 0.05) is 38.4 Å². The molecule has 2 heterocycles. The largest absolute Gasteiger partial charge is 0.496 e. The van der Waals surface area contributed by atoms with Gasteiger partial charge in [-0.15, -0.1) is 0 Å². The Morgan fingerprint density at radius 1 is 1.43 bits per heavy atom. The molecule has 1 saturated heterocycles. The number of nitrogens with zero attached hydrogens (tertiary/aromatic N) is 4. The molecule has 1 aromatic heterocycles. The molecule has 0 spiro atoms. The second-order valence-corrected chi connectivity index (χ2v) is 7.04. The van der Waals surface area contributed by atoms with Crippen LogP contribution in [0.4, 0.5) is 0 Å². The first-order chi connectivity index (χ1) is 13.6. The van der Waals surface area contributed by atoms with Crippen LogP contribution in [0.5, 0.6) is 5.75 Å². The van der Waals surface area contributed by atoms with Crippen molar-refractivity contribution in [1.82, 2.24) is 20.0 Å². The first-order valence-corrected chi connectivity index (χ1v) is 9.87. The topological polar surface area (TPSA) is 63.9 Å². The minimum absolute atomic E-state index is 0.0210. The number of aromatic nitrogens is 2. The highest BCUT2D eigenvalue weighted by Crippen LogP contribution is 2.22. The van der Waals surface area contributed by atoms with Gasteiger partial charge < -0.3 is 19.7 Å². The summed E-state index contributed by atoms with van der Waals surface area (Å²) in [5.41, 5.74) is 3.49. The van der Waals surface area contributed by atoms with Crippen LogP contribution in [0, 0.1) is 6.92 Å². The Morgan fingerprint density at radius 2 is 2.29 bits per heavy atom. The number of rotatable bonds is 6. The van der Waals surface area contributed by atoms with Crippen molar-refractivity contribution in [2.75, 3.05) is 39.9 Å². The molecule has 7 nitrogen and oxygen atoms in total. The summed E-state index contributed by atoms with van der Waals surface area (Å²) in [5, 5.41) is 7.69. The molecule has 1 atom stereocenters. The minimum atomic E-state index is 0.0210. The predicted molar refractivity (Wildman–Crippen MR) is 111 cm³/mol. The van der Waals surface area contributed by atoms with E-state index in [4.69, 9.17) is 14.5 Å². The molecule has 1 N–H and O–H groups in total. The van der Waals surface area contributed by atoms with Crippen molar-refractivity contribution in [3.63, 3.8) is 0 Å². The molecular weight excluding hydrogens is 354 g/mol. The van der Waals surface area contributed by atoms with Gasteiger partial charge in [0.2, 0.25) is 0 Å². The molecule has 1 fully saturated rings. The number of ether oxygens (including phenoxy) is 2. The van der Waals surface area contributed by atoms with Gasteiger partial charge in [-0.25, -0.2) is 0 Å². The summed E-state index contributed by atoms with van der Waals surface area (Å²) in [4.78, 5) is 7.14. The predicted octanol–water partition coefficient (Wildman–Crippen LogP) is 2.32. The third kappa shape index (κ3) is 5.04. The van der Waals surface area contributed by atoms with Gasteiger partial charge in [0.15, 0.2) is 5.96 Å². The van der Waals surface area contributed by atoms with Crippen molar-refractivity contribution < 1.29 is 9.47 Å². The summed E-state index contributed by atoms with van der Waals surface area (Å²) in [6, 6.07) is 6.35. The number of morpholine rings is 1. The zero-order valence-electron chi connectivity index (χ0n) is 17.3. The Kier molecular flexibility index (Phi) is 6.92. The molecule has 0 aliphatic carbocycles. The lowest BCUT2D eigenvalue weighted by Gasteiger charge is -2.34. The average molecular weight is 386 g/mol. The standard InChI is InChI=1S/C21H31N5O2/c1-5-22-21(23-9-8-17-7-6-16(2)19(12-17)27-4)26-10-11-28-20(15-26)18-13-24-25(3)14-18/h6-7,12-14,20H,5,8-11,15H2,1-4H3,(H,22,23). The zero-order valence-corrected chi connectivity index (χ0v) is 17.3. The molecule has 1 aliphatic heterocycles. The maximum absolute atomic E-state index is 5.95. The lowest BCUT2D eigenvalue weighted by atomic mass is 10.1. The van der Waals surface area contributed by atoms with E-state index in [2.05, 4.69) is 47.4 Å². The van der Waals surface area contributed by atoms with Gasteiger partial charge in [0.05, 0.1) is 26.5 Å². The lowest BCUT2D eigenvalue weighted by molar-refractivity contribution is -0.00803. The SMILES string of the molecule is CCNC(=NCCc1ccc(C)c(OC)c1)N1CCOC(c2cnn(C)c2)C1. The van der Waals surface area contributed by atoms with Crippen LogP contribution in [0.15, 0.2) is 35.6 Å². The number of methoxy groups -OCH3 is 1. The maximum Gasteiger partial charge on any atom is 0.194 e. The van der Waals surface area contributed by atoms with E-state index < -0.39 is 0 Å². The molecule has 0 radical (unpaired) electrons. The third-order valence-corrected chi connectivity index (χ3v) is 4.93. The van der Waals surface area contributed by atoms with E-state index in [1.165, 1.54) is 5.56 Å². The van der Waals surface area contributed by atoms with Gasteiger partial charge in [-0.05, 0) is 37.5 Å². The molecule has 1 unspecified atom stereocenters. The fourth-order valence-electron chi connectivity index (χ4n) is 3.39. The first kappa shape index (κ1) is 20.2. The Hall–Kier alpha value is -2.54. The molecule has 0 saturated carbocycles. The molecule has 3 rings (SSSR count). The second kappa shape index (κ2) is 9.59. The summed E-state index contributed by atoms with van der Waals surface area (Å²) >= 11 is 0. The van der Waals surface area contributed by atoms with Gasteiger partial charge in [0.1, 0.15) is 11.9 Å². The van der Waals surface area contributed by atoms with Crippen LogP contribution in [0.1, 0.15) is 29.7 Å². The first-order valence-electron chi connectivity index (χ1n) is 9.87. The Morgan fingerprint density at radius 3 is 3.00 bits per heavy atom. The molecule has 1 aromatic carbocycles. The van der Waals surface area contributed by atoms with E-state index in [0.717, 1.165) is 55.4 Å². The van der Waals surface area contributed by atoms with E-state index in [1.807, 2.05) is 24.1 Å². The fraction of sp³-hybridized carbons (Fsp3) is 0.524. The van der Waals surface area contributed by atoms with Crippen molar-refractivity contribution in [3.05, 3.63) is 47.3 Å². The van der Waals surface area contributed by atoms with E-state index >= 15 is 0 Å². The van der Waals surface area contributed by atoms with Gasteiger partial charge >= 0.3 is 0 Å². The highest BCUT2D eigenvalue weighted by molar-refractivity contribution is 5.80. The molecule has 152 valence electrons. The minimum Gasteiger partial charge on any atom is -0.496 e. The Balaban J connectivity index is 1.64. The monoisotopic (exact) mass is 385 g/mol. The maximum atomic E-state index is 5.95. The van der Waals surface area contributed by atoms with Gasteiger partial charge in [0.25, 0.3) is 0 Å². The Bertz CT molecular complexity index is 802. The zero-order chi connectivity index (χ0) is 19.9. The summed E-state index contributed by atoms with van der Waals surface area (Å²) in [6.45, 7) is 8.01. The van der Waals surface area contributed by atoms with Gasteiger partial charge in [-0.2, -0.15) is 5.10 Å². The van der Waals surface area contributed by atoms with Crippen molar-refractivity contribution in [2.45, 2.75) is 26.4 Å². The highest BCUT2D eigenvalue weighted by Gasteiger charge is 2.25. The van der Waals surface area contributed by atoms with Crippen molar-refractivity contribution in [2.24, 2.45) is 12.0 Å². The van der Waals surface area contributed by atoms with Crippen LogP contribution >= 0.6 is 0 Å². The summed E-state index contributed by atoms with van der Waals surface area (Å²) in [6.07, 6.45) is 4.79. The number of guanidine groups is 1. The smallest absolute Gasteiger partial charge is 0.194 e. The van der Waals surface area contributed by atoms with Crippen molar-refractivity contribution >= 4 is 5.96 Å². The fourth-order valence-corrected chi connectivity index (χ4v) is 3.39. The van der Waals surface area contributed by atoms with Crippen molar-refractivity contribution in [1.29, 1.82) is 0 Å². The average Bonchev–Trinajstić information content (AvgIpc) is 3.15. The number of aryl methyl sites for hydroxylation is 2. The summed E-state index contributed by atoms with van der Waals surface area (Å²) < 4.78 is 13.2. The molecule has 1 aliphatic rings. The summed E-state index contributed by atoms with van der Waals surface area (Å²) in [5.74, 6) is 1.87. The highest BCUT2D eigenvalue weighted by atomic mass is 16.5. The number of hydrogen-bond donors (Lipinski definition) is 1. The molecule has 7 heteroatoms. The van der Waals surface area contributed by atoms with E-state index in [-0.39, 0.29) is 6.10 Å². The number of hydrogen-bond acceptors (Lipinski definition) is 4. The van der Waals surface area contributed by atoms with Crippen molar-refractivity contribution in [3.8, 4) is 5.75 Å². The second-order valence-electron chi connectivity index (χ2n) is 7.04. The van der Waals surface area contributed by atoms with Crippen LogP contribution in [-0.4, -0.2) is 60.5 Å². The number of nitrogens with one attached hydrogen (secondary N) is 1. The molecular formula is C21H31N5O2. The normalized spacial score (nSPS) is 17.6. The molecule has 0 amide bonds. The van der Waals surface area contributed by atoms with Gasteiger partial charge in [-0.1, -0.05) is 12.1 Å². The Labute approximate surface area is 167 Å². The van der Waals surface area contributed by atoms with Gasteiger partial charge in [-0.3, -0.25) is 9.67 Å². The number of aliphatic imine (C=N–C) groups is 1. The molecule has 2 aromatic rings. The third-order valence-electron chi connectivity index (χ3n) is 4.93. The molecule has 0 bridgehead atoms. The summed E-state index contributed by atoms with van der Waals surface area (Å²) in [7, 11) is 3.64. The van der Waals surface area contributed by atoms with Crippen LogP contribution in [0.2, 0.25) is 0 Å². The molecule has 28 heavy (non-hydrogen) atoms. The lowest BCUT2D eigenvalue weighted by Crippen LogP contribution is -2.48.